The molecule has 3 heterocycles. The third kappa shape index (κ3) is 2.79. The normalized spacial score (nSPS) is 11.4. The Morgan fingerprint density at radius 1 is 1.00 bits per heavy atom. The van der Waals surface area contributed by atoms with Gasteiger partial charge in [0.15, 0.2) is 17.1 Å². The Balaban J connectivity index is 1.72. The predicted molar refractivity (Wildman–Crippen MR) is 104 cm³/mol. The van der Waals surface area contributed by atoms with Crippen LogP contribution < -0.4 is 9.47 Å². The number of nitrogens with zero attached hydrogens (tertiary/aromatic N) is 5. The van der Waals surface area contributed by atoms with Crippen LogP contribution in [0.25, 0.3) is 16.7 Å². The number of hydrogen-bond acceptors (Lipinski definition) is 5. The first-order valence-corrected chi connectivity index (χ1v) is 8.91. The lowest BCUT2D eigenvalue weighted by atomic mass is 10.1. The maximum Gasteiger partial charge on any atom is 0.168 e. The zero-order valence-corrected chi connectivity index (χ0v) is 16.3. The van der Waals surface area contributed by atoms with Crippen molar-refractivity contribution in [2.24, 2.45) is 0 Å². The fraction of sp³-hybridized carbons (Fsp3) is 0.350. The molecule has 0 amide bonds. The number of fused-ring (bicyclic) bond motifs is 3. The van der Waals surface area contributed by atoms with Crippen molar-refractivity contribution >= 4 is 16.7 Å². The fourth-order valence-corrected chi connectivity index (χ4v) is 3.59. The van der Waals surface area contributed by atoms with Gasteiger partial charge < -0.3 is 14.0 Å². The SMILES string of the molecule is COc1ccc(CCn2c(C)c(C)c3c2ncn2nc(C)nc32)cc1OC. The molecule has 0 fully saturated rings. The molecule has 0 aliphatic carbocycles. The van der Waals surface area contributed by atoms with Gasteiger partial charge in [-0.25, -0.2) is 14.5 Å². The summed E-state index contributed by atoms with van der Waals surface area (Å²) in [5.74, 6) is 2.24. The third-order valence-corrected chi connectivity index (χ3v) is 5.12. The van der Waals surface area contributed by atoms with E-state index in [-0.39, 0.29) is 0 Å². The molecule has 0 radical (unpaired) electrons. The van der Waals surface area contributed by atoms with Crippen molar-refractivity contribution in [2.45, 2.75) is 33.7 Å². The second-order valence-electron chi connectivity index (χ2n) is 6.67. The van der Waals surface area contributed by atoms with E-state index in [0.717, 1.165) is 47.0 Å². The lowest BCUT2D eigenvalue weighted by Crippen LogP contribution is -2.05. The summed E-state index contributed by atoms with van der Waals surface area (Å²) in [6, 6.07) is 6.05. The lowest BCUT2D eigenvalue weighted by molar-refractivity contribution is 0.354. The molecule has 0 N–H and O–H groups in total. The maximum atomic E-state index is 5.42. The van der Waals surface area contributed by atoms with Gasteiger partial charge in [-0.1, -0.05) is 6.07 Å². The van der Waals surface area contributed by atoms with Gasteiger partial charge in [0.2, 0.25) is 0 Å². The van der Waals surface area contributed by atoms with Gasteiger partial charge in [0.25, 0.3) is 0 Å². The second kappa shape index (κ2) is 6.57. The Morgan fingerprint density at radius 3 is 2.52 bits per heavy atom. The molecule has 0 aliphatic heterocycles. The van der Waals surface area contributed by atoms with Crippen LogP contribution in [-0.4, -0.2) is 38.4 Å². The number of ether oxygens (including phenoxy) is 2. The maximum absolute atomic E-state index is 5.42. The molecular formula is C20H23N5O2. The number of aromatic nitrogens is 5. The van der Waals surface area contributed by atoms with Crippen LogP contribution in [0.1, 0.15) is 22.6 Å². The van der Waals surface area contributed by atoms with Crippen LogP contribution in [0, 0.1) is 20.8 Å². The fourth-order valence-electron chi connectivity index (χ4n) is 3.59. The molecule has 0 atom stereocenters. The lowest BCUT2D eigenvalue weighted by Gasteiger charge is -2.11. The van der Waals surface area contributed by atoms with E-state index >= 15 is 0 Å². The molecule has 4 rings (SSSR count). The van der Waals surface area contributed by atoms with Crippen LogP contribution in [0.5, 0.6) is 11.5 Å². The Hall–Kier alpha value is -3.09. The Morgan fingerprint density at radius 2 is 1.78 bits per heavy atom. The largest absolute Gasteiger partial charge is 0.493 e. The molecule has 0 saturated carbocycles. The molecule has 0 unspecified atom stereocenters. The van der Waals surface area contributed by atoms with E-state index in [9.17, 15) is 0 Å². The highest BCUT2D eigenvalue weighted by atomic mass is 16.5. The molecular weight excluding hydrogens is 342 g/mol. The highest BCUT2D eigenvalue weighted by molar-refractivity contribution is 5.93. The van der Waals surface area contributed by atoms with Crippen molar-refractivity contribution in [3.8, 4) is 11.5 Å². The number of aryl methyl sites for hydroxylation is 4. The van der Waals surface area contributed by atoms with E-state index in [2.05, 4.69) is 39.5 Å². The summed E-state index contributed by atoms with van der Waals surface area (Å²) < 4.78 is 14.7. The molecule has 0 saturated heterocycles. The van der Waals surface area contributed by atoms with Gasteiger partial charge in [-0.15, -0.1) is 0 Å². The van der Waals surface area contributed by atoms with Crippen LogP contribution in [0.4, 0.5) is 0 Å². The van der Waals surface area contributed by atoms with E-state index in [1.54, 1.807) is 25.1 Å². The Labute approximate surface area is 157 Å². The third-order valence-electron chi connectivity index (χ3n) is 5.12. The van der Waals surface area contributed by atoms with Crippen LogP contribution >= 0.6 is 0 Å². The molecule has 0 aliphatic rings. The quantitative estimate of drug-likeness (QED) is 0.543. The van der Waals surface area contributed by atoms with Gasteiger partial charge in [0, 0.05) is 12.2 Å². The van der Waals surface area contributed by atoms with Crippen molar-refractivity contribution in [2.75, 3.05) is 14.2 Å². The van der Waals surface area contributed by atoms with Gasteiger partial charge in [0.1, 0.15) is 17.8 Å². The zero-order valence-electron chi connectivity index (χ0n) is 16.3. The molecule has 0 bridgehead atoms. The summed E-state index contributed by atoms with van der Waals surface area (Å²) in [4.78, 5) is 9.24. The number of methoxy groups -OCH3 is 2. The van der Waals surface area contributed by atoms with Crippen LogP contribution in [-0.2, 0) is 13.0 Å². The van der Waals surface area contributed by atoms with Gasteiger partial charge in [-0.2, -0.15) is 5.10 Å². The first kappa shape index (κ1) is 17.3. The minimum absolute atomic E-state index is 0.742. The molecule has 0 spiro atoms. The molecule has 4 aromatic rings. The average Bonchev–Trinajstić information content (AvgIpc) is 3.17. The van der Waals surface area contributed by atoms with Crippen molar-refractivity contribution in [3.05, 3.63) is 47.2 Å². The summed E-state index contributed by atoms with van der Waals surface area (Å²) >= 11 is 0. The topological polar surface area (TPSA) is 66.5 Å². The van der Waals surface area contributed by atoms with Crippen molar-refractivity contribution in [3.63, 3.8) is 0 Å². The van der Waals surface area contributed by atoms with E-state index in [4.69, 9.17) is 9.47 Å². The highest BCUT2D eigenvalue weighted by Gasteiger charge is 2.17. The standard InChI is InChI=1S/C20H23N5O2/c1-12-13(2)24(9-8-15-6-7-16(26-4)17(10-15)27-5)19-18(12)20-22-14(3)23-25(20)11-21-19/h6-7,10-11H,8-9H2,1-5H3. The van der Waals surface area contributed by atoms with Gasteiger partial charge in [0.05, 0.1) is 19.6 Å². The molecule has 27 heavy (non-hydrogen) atoms. The van der Waals surface area contributed by atoms with E-state index < -0.39 is 0 Å². The minimum atomic E-state index is 0.742. The molecule has 1 aromatic carbocycles. The van der Waals surface area contributed by atoms with Crippen molar-refractivity contribution in [1.82, 2.24) is 24.1 Å². The van der Waals surface area contributed by atoms with Crippen molar-refractivity contribution in [1.29, 1.82) is 0 Å². The predicted octanol–water partition coefficient (Wildman–Crippen LogP) is 3.26. The summed E-state index contributed by atoms with van der Waals surface area (Å²) in [5, 5.41) is 5.45. The minimum Gasteiger partial charge on any atom is -0.493 e. The van der Waals surface area contributed by atoms with E-state index in [0.29, 0.717) is 0 Å². The zero-order chi connectivity index (χ0) is 19.1. The summed E-state index contributed by atoms with van der Waals surface area (Å²) in [5.41, 5.74) is 5.40. The number of benzene rings is 1. The Kier molecular flexibility index (Phi) is 4.22. The second-order valence-corrected chi connectivity index (χ2v) is 6.67. The number of hydrogen-bond donors (Lipinski definition) is 0. The highest BCUT2D eigenvalue weighted by Crippen LogP contribution is 2.29. The summed E-state index contributed by atoms with van der Waals surface area (Å²) in [6.45, 7) is 6.97. The van der Waals surface area contributed by atoms with Crippen LogP contribution in [0.2, 0.25) is 0 Å². The van der Waals surface area contributed by atoms with Crippen LogP contribution in [0.15, 0.2) is 24.5 Å². The summed E-state index contributed by atoms with van der Waals surface area (Å²) in [6.07, 6.45) is 2.60. The van der Waals surface area contributed by atoms with Gasteiger partial charge >= 0.3 is 0 Å². The van der Waals surface area contributed by atoms with E-state index in [1.807, 2.05) is 19.1 Å². The van der Waals surface area contributed by atoms with E-state index in [1.165, 1.54) is 16.8 Å². The monoisotopic (exact) mass is 365 g/mol. The molecule has 140 valence electrons. The first-order valence-electron chi connectivity index (χ1n) is 8.91. The first-order chi connectivity index (χ1) is 13.0. The van der Waals surface area contributed by atoms with Gasteiger partial charge in [-0.05, 0) is 50.5 Å². The molecule has 7 nitrogen and oxygen atoms in total. The van der Waals surface area contributed by atoms with Crippen molar-refractivity contribution < 1.29 is 9.47 Å². The Bertz CT molecular complexity index is 1140. The molecule has 3 aromatic heterocycles. The van der Waals surface area contributed by atoms with Gasteiger partial charge in [-0.3, -0.25) is 0 Å². The molecule has 7 heteroatoms. The average molecular weight is 365 g/mol. The number of rotatable bonds is 5. The smallest absolute Gasteiger partial charge is 0.168 e. The van der Waals surface area contributed by atoms with Crippen LogP contribution in [0.3, 0.4) is 0 Å². The summed E-state index contributed by atoms with van der Waals surface area (Å²) in [7, 11) is 3.30.